The van der Waals surface area contributed by atoms with E-state index >= 15 is 0 Å². The minimum absolute atomic E-state index is 0.215. The molecule has 0 saturated carbocycles. The summed E-state index contributed by atoms with van der Waals surface area (Å²) in [5, 5.41) is 9.25. The minimum atomic E-state index is -0.215. The van der Waals surface area contributed by atoms with E-state index in [1.807, 2.05) is 6.20 Å². The molecule has 0 aliphatic heterocycles. The average molecular weight is 298 g/mol. The van der Waals surface area contributed by atoms with Crippen molar-refractivity contribution in [3.05, 3.63) is 38.3 Å². The van der Waals surface area contributed by atoms with Crippen LogP contribution in [0.1, 0.15) is 22.6 Å². The van der Waals surface area contributed by atoms with Gasteiger partial charge in [0.1, 0.15) is 0 Å². The number of nitrogens with one attached hydrogen (secondary N) is 1. The van der Waals surface area contributed by atoms with Gasteiger partial charge in [-0.1, -0.05) is 0 Å². The summed E-state index contributed by atoms with van der Waals surface area (Å²) in [4.78, 5) is 1.26. The molecule has 2 aromatic rings. The van der Waals surface area contributed by atoms with Crippen LogP contribution < -0.4 is 5.73 Å². The molecule has 84 valence electrons. The number of fused-ring (bicyclic) bond motifs is 1. The molecule has 3 rings (SSSR count). The molecule has 0 aromatic carbocycles. The van der Waals surface area contributed by atoms with Gasteiger partial charge in [-0.15, -0.1) is 11.3 Å². The van der Waals surface area contributed by atoms with E-state index in [0.717, 1.165) is 23.7 Å². The van der Waals surface area contributed by atoms with Crippen LogP contribution in [0.2, 0.25) is 0 Å². The summed E-state index contributed by atoms with van der Waals surface area (Å²) < 4.78 is 1.12. The zero-order valence-corrected chi connectivity index (χ0v) is 11.1. The highest BCUT2D eigenvalue weighted by atomic mass is 79.9. The van der Waals surface area contributed by atoms with E-state index in [0.29, 0.717) is 0 Å². The van der Waals surface area contributed by atoms with E-state index in [1.165, 1.54) is 16.1 Å². The summed E-state index contributed by atoms with van der Waals surface area (Å²) in [6.07, 6.45) is 4.78. The van der Waals surface area contributed by atoms with Gasteiger partial charge in [0.2, 0.25) is 0 Å². The first-order chi connectivity index (χ1) is 7.67. The van der Waals surface area contributed by atoms with Gasteiger partial charge in [-0.25, -0.2) is 0 Å². The Morgan fingerprint density at radius 1 is 1.56 bits per heavy atom. The third-order valence-electron chi connectivity index (χ3n) is 3.18. The second kappa shape index (κ2) is 3.68. The Morgan fingerprint density at radius 2 is 2.44 bits per heavy atom. The van der Waals surface area contributed by atoms with E-state index in [9.17, 15) is 0 Å². The van der Waals surface area contributed by atoms with Crippen LogP contribution in [0.3, 0.4) is 0 Å². The monoisotopic (exact) mass is 297 g/mol. The predicted octanol–water partition coefficient (Wildman–Crippen LogP) is 2.58. The van der Waals surface area contributed by atoms with E-state index < -0.39 is 0 Å². The van der Waals surface area contributed by atoms with Crippen molar-refractivity contribution < 1.29 is 0 Å². The van der Waals surface area contributed by atoms with Crippen molar-refractivity contribution in [1.29, 1.82) is 0 Å². The van der Waals surface area contributed by atoms with Crippen molar-refractivity contribution in [2.75, 3.05) is 0 Å². The van der Waals surface area contributed by atoms with Crippen molar-refractivity contribution >= 4 is 27.3 Å². The summed E-state index contributed by atoms with van der Waals surface area (Å²) in [6.45, 7) is 0. The van der Waals surface area contributed by atoms with Crippen molar-refractivity contribution in [2.45, 2.75) is 24.8 Å². The number of thiophene rings is 1. The highest BCUT2D eigenvalue weighted by Crippen LogP contribution is 2.37. The van der Waals surface area contributed by atoms with Crippen LogP contribution in [0.5, 0.6) is 0 Å². The first-order valence-electron chi connectivity index (χ1n) is 5.22. The molecule has 0 radical (unpaired) electrons. The molecule has 2 aromatic heterocycles. The second-order valence-electron chi connectivity index (χ2n) is 4.32. The van der Waals surface area contributed by atoms with E-state index in [-0.39, 0.29) is 5.54 Å². The highest BCUT2D eigenvalue weighted by Gasteiger charge is 2.34. The molecule has 0 bridgehead atoms. The third-order valence-corrected chi connectivity index (χ3v) is 5.09. The van der Waals surface area contributed by atoms with Gasteiger partial charge in [-0.05, 0) is 46.8 Å². The molecule has 1 aliphatic carbocycles. The Balaban J connectivity index is 1.97. The van der Waals surface area contributed by atoms with E-state index in [2.05, 4.69) is 37.6 Å². The number of aromatic nitrogens is 2. The van der Waals surface area contributed by atoms with Crippen molar-refractivity contribution in [3.8, 4) is 0 Å². The number of nitrogens with zero attached hydrogens (tertiary/aromatic N) is 1. The smallest absolute Gasteiger partial charge is 0.0655 e. The predicted molar refractivity (Wildman–Crippen MR) is 68.5 cm³/mol. The summed E-state index contributed by atoms with van der Waals surface area (Å²) >= 11 is 5.21. The lowest BCUT2D eigenvalue weighted by atomic mass is 9.80. The maximum absolute atomic E-state index is 6.52. The number of hydrogen-bond donors (Lipinski definition) is 2. The number of H-pyrrole nitrogens is 1. The Morgan fingerprint density at radius 3 is 3.19 bits per heavy atom. The molecule has 0 amide bonds. The second-order valence-corrected chi connectivity index (χ2v) is 6.15. The third kappa shape index (κ3) is 1.63. The quantitative estimate of drug-likeness (QED) is 0.850. The number of hydrogen-bond acceptors (Lipinski definition) is 3. The summed E-state index contributed by atoms with van der Waals surface area (Å²) in [5.74, 6) is 0. The Bertz CT molecular complexity index is 519. The van der Waals surface area contributed by atoms with Gasteiger partial charge in [0.25, 0.3) is 0 Å². The number of aryl methyl sites for hydroxylation is 1. The van der Waals surface area contributed by atoms with Gasteiger partial charge in [0.05, 0.1) is 11.2 Å². The van der Waals surface area contributed by atoms with Crippen molar-refractivity contribution in [2.24, 2.45) is 5.73 Å². The van der Waals surface area contributed by atoms with Crippen molar-refractivity contribution in [3.63, 3.8) is 0 Å². The largest absolute Gasteiger partial charge is 0.320 e. The van der Waals surface area contributed by atoms with Gasteiger partial charge in [-0.2, -0.15) is 5.10 Å². The number of aromatic amines is 1. The zero-order valence-electron chi connectivity index (χ0n) is 8.66. The molecule has 1 aliphatic rings. The summed E-state index contributed by atoms with van der Waals surface area (Å²) in [7, 11) is 0. The van der Waals surface area contributed by atoms with Gasteiger partial charge < -0.3 is 5.73 Å². The normalized spacial score (nSPS) is 24.4. The maximum Gasteiger partial charge on any atom is 0.0655 e. The Hall–Kier alpha value is -0.650. The van der Waals surface area contributed by atoms with Crippen LogP contribution in [0.25, 0.3) is 0 Å². The fourth-order valence-corrected chi connectivity index (χ4v) is 3.84. The Labute approximate surface area is 106 Å². The standard InChI is InChI=1S/C11H12BrN3S/c12-8-3-10(16-6-8)11(13)2-1-9-7(4-11)5-14-15-9/h3,5-6H,1-2,4,13H2,(H,14,15). The molecule has 16 heavy (non-hydrogen) atoms. The minimum Gasteiger partial charge on any atom is -0.320 e. The fraction of sp³-hybridized carbons (Fsp3) is 0.364. The summed E-state index contributed by atoms with van der Waals surface area (Å²) in [6, 6.07) is 2.13. The number of rotatable bonds is 1. The topological polar surface area (TPSA) is 54.7 Å². The molecular weight excluding hydrogens is 286 g/mol. The van der Waals surface area contributed by atoms with Crippen LogP contribution in [0.4, 0.5) is 0 Å². The molecule has 5 heteroatoms. The van der Waals surface area contributed by atoms with E-state index in [4.69, 9.17) is 5.73 Å². The molecule has 0 spiro atoms. The van der Waals surface area contributed by atoms with Crippen LogP contribution in [-0.4, -0.2) is 10.2 Å². The Kier molecular flexibility index (Phi) is 2.42. The lowest BCUT2D eigenvalue weighted by molar-refractivity contribution is 0.391. The van der Waals surface area contributed by atoms with Gasteiger partial charge in [0.15, 0.2) is 0 Å². The molecule has 0 fully saturated rings. The summed E-state index contributed by atoms with van der Waals surface area (Å²) in [5.41, 5.74) is 8.74. The fourth-order valence-electron chi connectivity index (χ4n) is 2.27. The first kappa shape index (κ1) is 10.5. The number of nitrogens with two attached hydrogens (primary N) is 1. The molecule has 0 saturated heterocycles. The van der Waals surface area contributed by atoms with Crippen LogP contribution in [0, 0.1) is 0 Å². The maximum atomic E-state index is 6.52. The molecule has 2 heterocycles. The number of halogens is 1. The molecule has 3 nitrogen and oxygen atoms in total. The van der Waals surface area contributed by atoms with Gasteiger partial charge >= 0.3 is 0 Å². The zero-order chi connectivity index (χ0) is 11.2. The van der Waals surface area contributed by atoms with Gasteiger partial charge in [-0.3, -0.25) is 5.10 Å². The van der Waals surface area contributed by atoms with E-state index in [1.54, 1.807) is 11.3 Å². The molecule has 1 unspecified atom stereocenters. The van der Waals surface area contributed by atoms with Crippen LogP contribution >= 0.6 is 27.3 Å². The van der Waals surface area contributed by atoms with Crippen LogP contribution in [-0.2, 0) is 18.4 Å². The lowest BCUT2D eigenvalue weighted by Crippen LogP contribution is -2.41. The highest BCUT2D eigenvalue weighted by molar-refractivity contribution is 9.10. The van der Waals surface area contributed by atoms with Gasteiger partial charge in [0, 0.05) is 20.9 Å². The van der Waals surface area contributed by atoms with Crippen molar-refractivity contribution in [1.82, 2.24) is 10.2 Å². The lowest BCUT2D eigenvalue weighted by Gasteiger charge is -2.31. The average Bonchev–Trinajstić information content (AvgIpc) is 2.85. The molecule has 3 N–H and O–H groups in total. The molecular formula is C11H12BrN3S. The van der Waals surface area contributed by atoms with Crippen LogP contribution in [0.15, 0.2) is 22.1 Å². The SMILES string of the molecule is NC1(c2cc(Br)cs2)CCc2n[nH]cc2C1. The first-order valence-corrected chi connectivity index (χ1v) is 6.89. The molecule has 1 atom stereocenters.